The summed E-state index contributed by atoms with van der Waals surface area (Å²) >= 11 is 0. The Morgan fingerprint density at radius 1 is 0.470 bits per heavy atom. The first-order valence-corrected chi connectivity index (χ1v) is 21.4. The quantitative estimate of drug-likeness (QED) is 0.127. The fourth-order valence-corrected chi connectivity index (χ4v) is 8.26. The number of rotatable bonds is 5. The van der Waals surface area contributed by atoms with Gasteiger partial charge in [-0.3, -0.25) is 24.4 Å². The Hall–Kier alpha value is -7.91. The standard InChI is InChI=1S/2C25H19N2.C6H4N5.Ir/c2*1-18-19(2)27(25-16-8-12-21-10-4-6-14-23(21)25)17-26(18)24-15-7-11-20-9-3-5-13-22(20)24;1-2-4-7-5(3-1)6-8-10-11-9-6;/h2*3-15H,1-2H3;1-4H;/q3*-1;. The summed E-state index contributed by atoms with van der Waals surface area (Å²) in [6.07, 6.45) is 8.81. The third-order valence-corrected chi connectivity index (χ3v) is 11.9. The molecule has 0 amide bonds. The van der Waals surface area contributed by atoms with E-state index in [9.17, 15) is 0 Å². The van der Waals surface area contributed by atoms with E-state index in [1.54, 1.807) is 12.3 Å². The van der Waals surface area contributed by atoms with Gasteiger partial charge in [-0.15, -0.1) is 33.7 Å². The molecule has 0 saturated heterocycles. The Bertz CT molecular complexity index is 3190. The first-order valence-electron chi connectivity index (χ1n) is 21.4. The predicted octanol–water partition coefficient (Wildman–Crippen LogP) is 10.4. The number of fused-ring (bicyclic) bond motifs is 4. The van der Waals surface area contributed by atoms with Crippen molar-refractivity contribution in [2.45, 2.75) is 27.7 Å². The van der Waals surface area contributed by atoms with Crippen molar-refractivity contribution in [2.24, 2.45) is 0 Å². The van der Waals surface area contributed by atoms with Crippen LogP contribution in [0.2, 0.25) is 0 Å². The summed E-state index contributed by atoms with van der Waals surface area (Å²) in [5.41, 5.74) is 9.73. The van der Waals surface area contributed by atoms with Gasteiger partial charge in [-0.25, -0.2) is 0 Å². The number of aromatic nitrogens is 9. The van der Waals surface area contributed by atoms with Gasteiger partial charge < -0.3 is 14.2 Å². The minimum absolute atomic E-state index is 0. The van der Waals surface area contributed by atoms with Gasteiger partial charge in [0.1, 0.15) is 0 Å². The molecule has 0 aliphatic rings. The SMILES string of the molecule is Cc1c(C)[n+](-c2cccc3ccccc23)[c-]n1-c1[c-]ccc2ccccc12.Cc1c(C)[n+](-c2cccc3ccccc23)[c-]n1-c1[c-]ccc2ccccc12.[Ir].c1ccc(-c2nnn[n-]2)nc1. The molecule has 4 heterocycles. The van der Waals surface area contributed by atoms with E-state index in [4.69, 9.17) is 0 Å². The molecule has 0 bridgehead atoms. The van der Waals surface area contributed by atoms with E-state index >= 15 is 0 Å². The molecule has 12 aromatic rings. The molecule has 9 nitrogen and oxygen atoms in total. The molecule has 4 aromatic heterocycles. The molecular weight excluding hydrogens is 991 g/mol. The maximum Gasteiger partial charge on any atom is 0.267 e. The minimum Gasteiger partial charge on any atom is -0.329 e. The van der Waals surface area contributed by atoms with Gasteiger partial charge in [0, 0.05) is 37.7 Å². The maximum atomic E-state index is 4.02. The van der Waals surface area contributed by atoms with Crippen LogP contribution in [0.15, 0.2) is 182 Å². The molecule has 0 fully saturated rings. The fraction of sp³-hybridized carbons (Fsp3) is 0.0714. The second-order valence-electron chi connectivity index (χ2n) is 15.6. The average molecular weight is 1030 g/mol. The second kappa shape index (κ2) is 19.1. The molecule has 8 aromatic carbocycles. The molecule has 0 atom stereocenters. The number of hydrogen-bond donors (Lipinski definition) is 0. The van der Waals surface area contributed by atoms with Gasteiger partial charge in [-0.1, -0.05) is 115 Å². The Kier molecular flexibility index (Phi) is 12.5. The van der Waals surface area contributed by atoms with Crippen LogP contribution in [0.1, 0.15) is 22.8 Å². The molecule has 323 valence electrons. The van der Waals surface area contributed by atoms with E-state index in [2.05, 4.69) is 242 Å². The van der Waals surface area contributed by atoms with Crippen LogP contribution in [0.3, 0.4) is 0 Å². The molecule has 0 spiro atoms. The molecule has 0 aliphatic carbocycles. The Morgan fingerprint density at radius 3 is 1.33 bits per heavy atom. The fourth-order valence-electron chi connectivity index (χ4n) is 8.26. The smallest absolute Gasteiger partial charge is 0.267 e. The van der Waals surface area contributed by atoms with E-state index in [1.165, 1.54) is 54.5 Å². The zero-order valence-electron chi connectivity index (χ0n) is 36.7. The van der Waals surface area contributed by atoms with Crippen molar-refractivity contribution in [2.75, 3.05) is 0 Å². The maximum absolute atomic E-state index is 4.02. The largest absolute Gasteiger partial charge is 0.329 e. The second-order valence-corrected chi connectivity index (χ2v) is 15.6. The molecule has 12 rings (SSSR count). The van der Waals surface area contributed by atoms with Gasteiger partial charge in [0.25, 0.3) is 12.7 Å². The number of hydrogen-bond acceptors (Lipinski definition) is 4. The predicted molar refractivity (Wildman–Crippen MR) is 255 cm³/mol. The third kappa shape index (κ3) is 8.31. The van der Waals surface area contributed by atoms with Crippen molar-refractivity contribution in [3.05, 3.63) is 230 Å². The van der Waals surface area contributed by atoms with Crippen LogP contribution in [0, 0.1) is 52.5 Å². The zero-order chi connectivity index (χ0) is 44.3. The van der Waals surface area contributed by atoms with Crippen molar-refractivity contribution < 1.29 is 29.2 Å². The molecule has 0 N–H and O–H groups in total. The number of pyridine rings is 1. The normalized spacial score (nSPS) is 10.9. The first-order chi connectivity index (χ1) is 31.9. The van der Waals surface area contributed by atoms with Gasteiger partial charge in [-0.2, -0.15) is 41.6 Å². The monoisotopic (exact) mass is 1030 g/mol. The first kappa shape index (κ1) is 43.3. The summed E-state index contributed by atoms with van der Waals surface area (Å²) in [5.74, 6) is 0.464. The average Bonchev–Trinajstić information content (AvgIpc) is 4.09. The summed E-state index contributed by atoms with van der Waals surface area (Å²) in [5, 5.41) is 23.7. The number of benzene rings is 8. The van der Waals surface area contributed by atoms with Gasteiger partial charge >= 0.3 is 0 Å². The third-order valence-electron chi connectivity index (χ3n) is 11.9. The van der Waals surface area contributed by atoms with Crippen LogP contribution in [0.4, 0.5) is 0 Å². The van der Waals surface area contributed by atoms with E-state index in [1.807, 2.05) is 24.3 Å². The van der Waals surface area contributed by atoms with Crippen molar-refractivity contribution in [3.8, 4) is 34.3 Å². The number of tetrazole rings is 1. The summed E-state index contributed by atoms with van der Waals surface area (Å²) < 4.78 is 8.57. The van der Waals surface area contributed by atoms with Gasteiger partial charge in [0.2, 0.25) is 0 Å². The number of imidazole rings is 2. The van der Waals surface area contributed by atoms with E-state index in [0.717, 1.165) is 34.1 Å². The van der Waals surface area contributed by atoms with Crippen LogP contribution in [-0.2, 0) is 20.1 Å². The van der Waals surface area contributed by atoms with Crippen LogP contribution in [-0.4, -0.2) is 29.6 Å². The Morgan fingerprint density at radius 2 is 0.894 bits per heavy atom. The molecule has 0 aliphatic heterocycles. The Balaban J connectivity index is 0.000000134. The van der Waals surface area contributed by atoms with Crippen molar-refractivity contribution >= 4 is 43.1 Å². The zero-order valence-corrected chi connectivity index (χ0v) is 39.1. The van der Waals surface area contributed by atoms with Gasteiger partial charge in [0.05, 0.1) is 34.3 Å². The van der Waals surface area contributed by atoms with Crippen molar-refractivity contribution in [1.82, 2.24) is 34.7 Å². The summed E-state index contributed by atoms with van der Waals surface area (Å²) in [4.78, 5) is 4.02. The van der Waals surface area contributed by atoms with Crippen LogP contribution >= 0.6 is 0 Å². The minimum atomic E-state index is 0. The van der Waals surface area contributed by atoms with E-state index in [-0.39, 0.29) is 20.1 Å². The molecule has 10 heteroatoms. The Labute approximate surface area is 396 Å². The summed E-state index contributed by atoms with van der Waals surface area (Å²) in [6.45, 7) is 8.58. The summed E-state index contributed by atoms with van der Waals surface area (Å²) in [7, 11) is 0. The van der Waals surface area contributed by atoms with Gasteiger partial charge in [0.15, 0.2) is 0 Å². The molecule has 66 heavy (non-hydrogen) atoms. The molecular formula is C56H42IrN9-3. The molecule has 0 unspecified atom stereocenters. The van der Waals surface area contributed by atoms with Crippen LogP contribution < -0.4 is 14.2 Å². The van der Waals surface area contributed by atoms with E-state index < -0.39 is 0 Å². The topological polar surface area (TPSA) is 83.3 Å². The molecule has 0 saturated carbocycles. The van der Waals surface area contributed by atoms with Gasteiger partial charge in [-0.05, 0) is 84.9 Å². The van der Waals surface area contributed by atoms with Crippen molar-refractivity contribution in [3.63, 3.8) is 0 Å². The van der Waals surface area contributed by atoms with Crippen molar-refractivity contribution in [1.29, 1.82) is 0 Å². The molecule has 1 radical (unpaired) electrons. The summed E-state index contributed by atoms with van der Waals surface area (Å²) in [6, 6.07) is 67.1. The number of nitrogens with zero attached hydrogens (tertiary/aromatic N) is 9. The van der Waals surface area contributed by atoms with Crippen LogP contribution in [0.25, 0.3) is 77.4 Å². The van der Waals surface area contributed by atoms with Crippen LogP contribution in [0.5, 0.6) is 0 Å². The van der Waals surface area contributed by atoms with E-state index in [0.29, 0.717) is 11.5 Å².